The molecule has 0 bridgehead atoms. The second-order valence-electron chi connectivity index (χ2n) is 7.75. The first-order valence-corrected chi connectivity index (χ1v) is 11.1. The summed E-state index contributed by atoms with van der Waals surface area (Å²) >= 11 is 0. The summed E-state index contributed by atoms with van der Waals surface area (Å²) in [6.45, 7) is 7.90. The largest absolute Gasteiger partial charge is 0.489 e. The summed E-state index contributed by atoms with van der Waals surface area (Å²) in [4.78, 5) is 16.9. The molecule has 1 heterocycles. The number of urea groups is 1. The summed E-state index contributed by atoms with van der Waals surface area (Å²) in [6, 6.07) is 17.1. The first kappa shape index (κ1) is 23.1. The molecule has 1 aliphatic rings. The molecule has 2 aromatic carbocycles. The van der Waals surface area contributed by atoms with E-state index in [0.717, 1.165) is 42.2 Å². The van der Waals surface area contributed by atoms with E-state index in [1.165, 1.54) is 12.0 Å². The van der Waals surface area contributed by atoms with Gasteiger partial charge in [0, 0.05) is 30.9 Å². The van der Waals surface area contributed by atoms with E-state index in [1.54, 1.807) is 6.08 Å². The lowest BCUT2D eigenvalue weighted by molar-refractivity contribution is 0.252. The number of hydrogen-bond donors (Lipinski definition) is 3. The van der Waals surface area contributed by atoms with Gasteiger partial charge < -0.3 is 20.7 Å². The predicted octanol–water partition coefficient (Wildman–Crippen LogP) is 5.41. The van der Waals surface area contributed by atoms with E-state index >= 15 is 0 Å². The molecular formula is C26H32N4O2. The fourth-order valence-electron chi connectivity index (χ4n) is 3.33. The smallest absolute Gasteiger partial charge is 0.319 e. The molecule has 0 aromatic heterocycles. The van der Waals surface area contributed by atoms with Crippen LogP contribution in [0.15, 0.2) is 83.6 Å². The van der Waals surface area contributed by atoms with Crippen LogP contribution >= 0.6 is 0 Å². The van der Waals surface area contributed by atoms with E-state index < -0.39 is 0 Å². The number of carbonyl (C=O) groups excluding carboxylic acids is 1. The second-order valence-corrected chi connectivity index (χ2v) is 7.75. The molecular weight excluding hydrogens is 400 g/mol. The number of aliphatic imine (C=N–C) groups is 1. The summed E-state index contributed by atoms with van der Waals surface area (Å²) in [5.41, 5.74) is 3.94. The Morgan fingerprint density at radius 2 is 1.94 bits per heavy atom. The van der Waals surface area contributed by atoms with E-state index in [1.807, 2.05) is 54.6 Å². The average Bonchev–Trinajstić information content (AvgIpc) is 3.02. The molecule has 0 saturated carbocycles. The van der Waals surface area contributed by atoms with Crippen LogP contribution in [0.3, 0.4) is 0 Å². The molecule has 2 aromatic rings. The van der Waals surface area contributed by atoms with Crippen molar-refractivity contribution in [2.45, 2.75) is 39.2 Å². The molecule has 6 heteroatoms. The Hall–Kier alpha value is -3.54. The molecule has 3 N–H and O–H groups in total. The van der Waals surface area contributed by atoms with Crippen LogP contribution in [0.1, 0.15) is 38.2 Å². The molecule has 0 aliphatic carbocycles. The first-order valence-electron chi connectivity index (χ1n) is 11.1. The fraction of sp³-hybridized carbons (Fsp3) is 0.308. The molecule has 2 amide bonds. The van der Waals surface area contributed by atoms with E-state index in [4.69, 9.17) is 9.73 Å². The molecule has 3 rings (SSSR count). The normalized spacial score (nSPS) is 14.2. The van der Waals surface area contributed by atoms with E-state index in [9.17, 15) is 4.79 Å². The number of rotatable bonds is 9. The number of carbonyl (C=O) groups is 1. The van der Waals surface area contributed by atoms with Crippen LogP contribution in [0, 0.1) is 0 Å². The Morgan fingerprint density at radius 1 is 1.16 bits per heavy atom. The Bertz CT molecular complexity index is 950. The SMILES string of the molecule is C=C/C(CCNC(=O)Nc1ccc(OCc2ccccc2)cc1)=N\C1=C(C)CCCCN1. The molecule has 6 nitrogen and oxygen atoms in total. The zero-order valence-electron chi connectivity index (χ0n) is 18.7. The maximum atomic E-state index is 12.2. The average molecular weight is 433 g/mol. The van der Waals surface area contributed by atoms with Crippen molar-refractivity contribution in [1.29, 1.82) is 0 Å². The lowest BCUT2D eigenvalue weighted by Gasteiger charge is -2.11. The third kappa shape index (κ3) is 7.61. The van der Waals surface area contributed by atoms with Gasteiger partial charge in [-0.05, 0) is 67.7 Å². The number of amides is 2. The maximum Gasteiger partial charge on any atom is 0.319 e. The van der Waals surface area contributed by atoms with Gasteiger partial charge in [-0.1, -0.05) is 36.9 Å². The van der Waals surface area contributed by atoms with Crippen molar-refractivity contribution in [2.24, 2.45) is 4.99 Å². The molecule has 0 fully saturated rings. The minimum atomic E-state index is -0.255. The Labute approximate surface area is 190 Å². The van der Waals surface area contributed by atoms with Gasteiger partial charge in [0.05, 0.1) is 0 Å². The number of ether oxygens (including phenoxy) is 1. The van der Waals surface area contributed by atoms with Gasteiger partial charge in [-0.25, -0.2) is 9.79 Å². The van der Waals surface area contributed by atoms with Crippen molar-refractivity contribution in [3.63, 3.8) is 0 Å². The van der Waals surface area contributed by atoms with Crippen LogP contribution in [0.25, 0.3) is 0 Å². The standard InChI is InChI=1S/C26H32N4O2/c1-3-22(29-25-20(2)9-7-8-17-27-25)16-18-28-26(31)30-23-12-14-24(15-13-23)32-19-21-10-5-4-6-11-21/h3-6,10-15,27H,1,7-9,16-19H2,2H3,(H2,28,30,31)/b29-22+. The Kier molecular flexibility index (Phi) is 8.92. The van der Waals surface area contributed by atoms with Crippen molar-refractivity contribution in [1.82, 2.24) is 10.6 Å². The number of allylic oxidation sites excluding steroid dienone is 2. The predicted molar refractivity (Wildman–Crippen MR) is 131 cm³/mol. The molecule has 0 radical (unpaired) electrons. The molecule has 168 valence electrons. The Balaban J connectivity index is 1.43. The monoisotopic (exact) mass is 432 g/mol. The van der Waals surface area contributed by atoms with Gasteiger partial charge in [-0.3, -0.25) is 0 Å². The van der Waals surface area contributed by atoms with Gasteiger partial charge in [0.15, 0.2) is 0 Å². The molecule has 32 heavy (non-hydrogen) atoms. The van der Waals surface area contributed by atoms with Crippen LogP contribution < -0.4 is 20.7 Å². The van der Waals surface area contributed by atoms with Gasteiger partial charge in [-0.2, -0.15) is 0 Å². The third-order valence-corrected chi connectivity index (χ3v) is 5.19. The quantitative estimate of drug-likeness (QED) is 0.464. The third-order valence-electron chi connectivity index (χ3n) is 5.19. The van der Waals surface area contributed by atoms with E-state index in [0.29, 0.717) is 25.3 Å². The highest BCUT2D eigenvalue weighted by molar-refractivity contribution is 5.96. The molecule has 1 aliphatic heterocycles. The lowest BCUT2D eigenvalue weighted by atomic mass is 10.1. The van der Waals surface area contributed by atoms with Crippen molar-refractivity contribution in [3.8, 4) is 5.75 Å². The van der Waals surface area contributed by atoms with Gasteiger partial charge in [0.2, 0.25) is 0 Å². The van der Waals surface area contributed by atoms with Crippen LogP contribution in [-0.4, -0.2) is 24.8 Å². The molecule has 0 atom stereocenters. The highest BCUT2D eigenvalue weighted by Gasteiger charge is 2.08. The summed E-state index contributed by atoms with van der Waals surface area (Å²) in [5, 5.41) is 9.10. The van der Waals surface area contributed by atoms with Crippen LogP contribution in [0.5, 0.6) is 5.75 Å². The zero-order valence-corrected chi connectivity index (χ0v) is 18.7. The summed E-state index contributed by atoms with van der Waals surface area (Å²) < 4.78 is 5.77. The topological polar surface area (TPSA) is 74.8 Å². The summed E-state index contributed by atoms with van der Waals surface area (Å²) in [5.74, 6) is 1.69. The zero-order chi connectivity index (χ0) is 22.6. The fourth-order valence-corrected chi connectivity index (χ4v) is 3.33. The van der Waals surface area contributed by atoms with Crippen molar-refractivity contribution in [3.05, 3.63) is 84.2 Å². The van der Waals surface area contributed by atoms with Crippen LogP contribution in [0.2, 0.25) is 0 Å². The Morgan fingerprint density at radius 3 is 2.69 bits per heavy atom. The summed E-state index contributed by atoms with van der Waals surface area (Å²) in [7, 11) is 0. The number of anilines is 1. The van der Waals surface area contributed by atoms with Crippen molar-refractivity contribution in [2.75, 3.05) is 18.4 Å². The highest BCUT2D eigenvalue weighted by atomic mass is 16.5. The van der Waals surface area contributed by atoms with E-state index in [2.05, 4.69) is 29.5 Å². The van der Waals surface area contributed by atoms with Crippen LogP contribution in [-0.2, 0) is 6.61 Å². The number of nitrogens with zero attached hydrogens (tertiary/aromatic N) is 1. The number of nitrogens with one attached hydrogen (secondary N) is 3. The number of benzene rings is 2. The van der Waals surface area contributed by atoms with Crippen molar-refractivity contribution >= 4 is 17.4 Å². The van der Waals surface area contributed by atoms with E-state index in [-0.39, 0.29) is 6.03 Å². The van der Waals surface area contributed by atoms with Gasteiger partial charge in [0.25, 0.3) is 0 Å². The second kappa shape index (κ2) is 12.3. The number of hydrogen-bond acceptors (Lipinski definition) is 4. The van der Waals surface area contributed by atoms with Crippen molar-refractivity contribution < 1.29 is 9.53 Å². The minimum absolute atomic E-state index is 0.255. The molecule has 0 spiro atoms. The van der Waals surface area contributed by atoms with Gasteiger partial charge >= 0.3 is 6.03 Å². The lowest BCUT2D eigenvalue weighted by Crippen LogP contribution is -2.30. The molecule has 0 unspecified atom stereocenters. The van der Waals surface area contributed by atoms with Crippen LogP contribution in [0.4, 0.5) is 10.5 Å². The van der Waals surface area contributed by atoms with Gasteiger partial charge in [0.1, 0.15) is 18.2 Å². The first-order chi connectivity index (χ1) is 15.6. The molecule has 0 saturated heterocycles. The summed E-state index contributed by atoms with van der Waals surface area (Å²) in [6.07, 6.45) is 5.76. The minimum Gasteiger partial charge on any atom is -0.489 e. The van der Waals surface area contributed by atoms with Gasteiger partial charge in [-0.15, -0.1) is 0 Å². The highest BCUT2D eigenvalue weighted by Crippen LogP contribution is 2.17. The maximum absolute atomic E-state index is 12.2.